The summed E-state index contributed by atoms with van der Waals surface area (Å²) in [5.41, 5.74) is 3.95. The van der Waals surface area contributed by atoms with Gasteiger partial charge in [-0.05, 0) is 48.1 Å². The van der Waals surface area contributed by atoms with Crippen LogP contribution < -0.4 is 5.32 Å². The third kappa shape index (κ3) is 2.42. The molecular weight excluding hydrogens is 312 g/mol. The van der Waals surface area contributed by atoms with Crippen LogP contribution in [0.25, 0.3) is 5.65 Å². The molecule has 4 rings (SSSR count). The van der Waals surface area contributed by atoms with E-state index in [0.717, 1.165) is 24.3 Å². The van der Waals surface area contributed by atoms with E-state index in [1.54, 1.807) is 7.05 Å². The molecule has 5 heteroatoms. The molecule has 1 aliphatic carbocycles. The maximum atomic E-state index is 11.8. The standard InChI is InChI=1S/C20H22N4O/c1-13(2)16-5-4-12-24-17(16)22-23-19(24)20(10-11-20)15-8-6-14(7-9-15)18(25)21-3/h4-9,12-13H,10-11H2,1-3H3,(H,21,25). The summed E-state index contributed by atoms with van der Waals surface area (Å²) in [6.45, 7) is 4.35. The molecule has 3 aromatic rings. The van der Waals surface area contributed by atoms with E-state index in [9.17, 15) is 4.79 Å². The first-order valence-corrected chi connectivity index (χ1v) is 8.73. The normalized spacial score (nSPS) is 15.5. The minimum Gasteiger partial charge on any atom is -0.355 e. The van der Waals surface area contributed by atoms with E-state index in [0.29, 0.717) is 11.5 Å². The lowest BCUT2D eigenvalue weighted by molar-refractivity contribution is 0.0963. The molecule has 0 radical (unpaired) electrons. The molecule has 1 aliphatic rings. The fourth-order valence-corrected chi connectivity index (χ4v) is 3.57. The number of fused-ring (bicyclic) bond motifs is 1. The second-order valence-electron chi connectivity index (χ2n) is 7.07. The SMILES string of the molecule is CNC(=O)c1ccc(C2(c3nnc4c(C(C)C)cccn34)CC2)cc1. The highest BCUT2D eigenvalue weighted by molar-refractivity contribution is 5.94. The number of pyridine rings is 1. The van der Waals surface area contributed by atoms with Crippen LogP contribution in [-0.4, -0.2) is 27.6 Å². The predicted molar refractivity (Wildman–Crippen MR) is 96.9 cm³/mol. The van der Waals surface area contributed by atoms with Crippen LogP contribution in [0.5, 0.6) is 0 Å². The molecule has 1 N–H and O–H groups in total. The van der Waals surface area contributed by atoms with Crippen LogP contribution in [0.4, 0.5) is 0 Å². The first-order valence-electron chi connectivity index (χ1n) is 8.73. The van der Waals surface area contributed by atoms with Gasteiger partial charge in [0.15, 0.2) is 5.65 Å². The van der Waals surface area contributed by atoms with Crippen molar-refractivity contribution in [2.24, 2.45) is 0 Å². The quantitative estimate of drug-likeness (QED) is 0.796. The van der Waals surface area contributed by atoms with Crippen molar-refractivity contribution < 1.29 is 4.79 Å². The molecule has 0 unspecified atom stereocenters. The summed E-state index contributed by atoms with van der Waals surface area (Å²) in [7, 11) is 1.65. The van der Waals surface area contributed by atoms with Gasteiger partial charge in [0.1, 0.15) is 5.82 Å². The minimum absolute atomic E-state index is 0.0640. The molecule has 0 atom stereocenters. The van der Waals surface area contributed by atoms with Gasteiger partial charge in [-0.1, -0.05) is 32.0 Å². The fourth-order valence-electron chi connectivity index (χ4n) is 3.57. The molecule has 5 nitrogen and oxygen atoms in total. The Morgan fingerprint density at radius 1 is 1.16 bits per heavy atom. The Bertz CT molecular complexity index is 936. The van der Waals surface area contributed by atoms with Crippen molar-refractivity contribution in [2.75, 3.05) is 7.05 Å². The van der Waals surface area contributed by atoms with E-state index in [-0.39, 0.29) is 11.3 Å². The van der Waals surface area contributed by atoms with E-state index in [2.05, 4.69) is 52.1 Å². The van der Waals surface area contributed by atoms with Crippen molar-refractivity contribution >= 4 is 11.6 Å². The van der Waals surface area contributed by atoms with Gasteiger partial charge in [0.2, 0.25) is 0 Å². The highest BCUT2D eigenvalue weighted by Crippen LogP contribution is 2.52. The number of hydrogen-bond acceptors (Lipinski definition) is 3. The molecule has 25 heavy (non-hydrogen) atoms. The third-order valence-electron chi connectivity index (χ3n) is 5.19. The van der Waals surface area contributed by atoms with Gasteiger partial charge >= 0.3 is 0 Å². The zero-order valence-corrected chi connectivity index (χ0v) is 14.8. The van der Waals surface area contributed by atoms with E-state index in [4.69, 9.17) is 0 Å². The number of benzene rings is 1. The van der Waals surface area contributed by atoms with Gasteiger partial charge in [0.05, 0.1) is 5.41 Å². The Balaban J connectivity index is 1.78. The second kappa shape index (κ2) is 5.69. The Labute approximate surface area is 147 Å². The van der Waals surface area contributed by atoms with Crippen molar-refractivity contribution in [3.63, 3.8) is 0 Å². The van der Waals surface area contributed by atoms with Gasteiger partial charge in [-0.15, -0.1) is 10.2 Å². The van der Waals surface area contributed by atoms with Crippen LogP contribution in [-0.2, 0) is 5.41 Å². The van der Waals surface area contributed by atoms with E-state index in [1.807, 2.05) is 24.3 Å². The topological polar surface area (TPSA) is 59.3 Å². The summed E-state index contributed by atoms with van der Waals surface area (Å²) in [4.78, 5) is 11.8. The highest BCUT2D eigenvalue weighted by atomic mass is 16.1. The molecule has 1 fully saturated rings. The number of nitrogens with one attached hydrogen (secondary N) is 1. The molecule has 0 spiro atoms. The van der Waals surface area contributed by atoms with Gasteiger partial charge in [0.25, 0.3) is 5.91 Å². The smallest absolute Gasteiger partial charge is 0.251 e. The number of carbonyl (C=O) groups is 1. The van der Waals surface area contributed by atoms with Gasteiger partial charge in [-0.3, -0.25) is 9.20 Å². The summed E-state index contributed by atoms with van der Waals surface area (Å²) in [6, 6.07) is 12.1. The molecule has 1 aromatic carbocycles. The Morgan fingerprint density at radius 3 is 2.48 bits per heavy atom. The summed E-state index contributed by atoms with van der Waals surface area (Å²) in [5.74, 6) is 1.34. The van der Waals surface area contributed by atoms with Crippen molar-refractivity contribution in [1.29, 1.82) is 0 Å². The largest absolute Gasteiger partial charge is 0.355 e. The lowest BCUT2D eigenvalue weighted by atomic mass is 9.94. The van der Waals surface area contributed by atoms with Gasteiger partial charge in [-0.2, -0.15) is 0 Å². The number of aromatic nitrogens is 3. The van der Waals surface area contributed by atoms with Crippen LogP contribution in [0.3, 0.4) is 0 Å². The molecule has 1 saturated carbocycles. The lowest BCUT2D eigenvalue weighted by Crippen LogP contribution is -2.18. The van der Waals surface area contributed by atoms with Gasteiger partial charge < -0.3 is 5.32 Å². The molecule has 2 heterocycles. The van der Waals surface area contributed by atoms with Gasteiger partial charge in [0, 0.05) is 18.8 Å². The highest BCUT2D eigenvalue weighted by Gasteiger charge is 2.49. The number of rotatable bonds is 4. The predicted octanol–water partition coefficient (Wildman–Crippen LogP) is 3.29. The van der Waals surface area contributed by atoms with Crippen LogP contribution >= 0.6 is 0 Å². The Hall–Kier alpha value is -2.69. The summed E-state index contributed by atoms with van der Waals surface area (Å²) < 4.78 is 2.13. The average molecular weight is 334 g/mol. The monoisotopic (exact) mass is 334 g/mol. The van der Waals surface area contributed by atoms with E-state index in [1.165, 1.54) is 11.1 Å². The van der Waals surface area contributed by atoms with Gasteiger partial charge in [-0.25, -0.2) is 0 Å². The van der Waals surface area contributed by atoms with Crippen LogP contribution in [0.2, 0.25) is 0 Å². The van der Waals surface area contributed by atoms with Crippen LogP contribution in [0.15, 0.2) is 42.6 Å². The second-order valence-corrected chi connectivity index (χ2v) is 7.07. The molecule has 0 bridgehead atoms. The van der Waals surface area contributed by atoms with Crippen LogP contribution in [0.1, 0.15) is 59.9 Å². The molecular formula is C20H22N4O. The van der Waals surface area contributed by atoms with E-state index < -0.39 is 0 Å². The first kappa shape index (κ1) is 15.8. The van der Waals surface area contributed by atoms with Crippen molar-refractivity contribution in [2.45, 2.75) is 38.0 Å². The Kier molecular flexibility index (Phi) is 3.60. The van der Waals surface area contributed by atoms with Crippen molar-refractivity contribution in [3.05, 3.63) is 65.1 Å². The summed E-state index contributed by atoms with van der Waals surface area (Å²) in [6.07, 6.45) is 4.16. The average Bonchev–Trinajstić information content (AvgIpc) is 3.33. The van der Waals surface area contributed by atoms with E-state index >= 15 is 0 Å². The zero-order valence-electron chi connectivity index (χ0n) is 14.8. The Morgan fingerprint density at radius 2 is 1.88 bits per heavy atom. The zero-order chi connectivity index (χ0) is 17.6. The third-order valence-corrected chi connectivity index (χ3v) is 5.19. The summed E-state index contributed by atoms with van der Waals surface area (Å²) >= 11 is 0. The molecule has 1 amide bonds. The minimum atomic E-state index is -0.0871. The summed E-state index contributed by atoms with van der Waals surface area (Å²) in [5, 5.41) is 11.7. The van der Waals surface area contributed by atoms with Crippen molar-refractivity contribution in [3.8, 4) is 0 Å². The lowest BCUT2D eigenvalue weighted by Gasteiger charge is -2.15. The molecule has 0 saturated heterocycles. The molecule has 128 valence electrons. The van der Waals surface area contributed by atoms with Crippen LogP contribution in [0, 0.1) is 0 Å². The number of carbonyl (C=O) groups excluding carboxylic acids is 1. The fraction of sp³-hybridized carbons (Fsp3) is 0.350. The number of amides is 1. The first-order chi connectivity index (χ1) is 12.1. The molecule has 2 aromatic heterocycles. The number of hydrogen-bond donors (Lipinski definition) is 1. The maximum Gasteiger partial charge on any atom is 0.251 e. The maximum absolute atomic E-state index is 11.8. The molecule has 0 aliphatic heterocycles. The number of nitrogens with zero attached hydrogens (tertiary/aromatic N) is 3. The van der Waals surface area contributed by atoms with Crippen molar-refractivity contribution in [1.82, 2.24) is 19.9 Å².